The van der Waals surface area contributed by atoms with Crippen molar-refractivity contribution in [3.63, 3.8) is 0 Å². The molecule has 0 unspecified atom stereocenters. The summed E-state index contributed by atoms with van der Waals surface area (Å²) in [7, 11) is 0. The van der Waals surface area contributed by atoms with E-state index in [2.05, 4.69) is 44.0 Å². The standard InChI is InChI=1S/C20H23N3OS/c1-11-4-5-12(2)16(8-11)17-13(3)25-19-18(17)20(24)23(10-22-19)15-7-6-14(21)9-15/h4-5,8,10,14-15H,6-7,9,21H2,1-3H3/t14-,15-/m1/s1. The van der Waals surface area contributed by atoms with Crippen LogP contribution in [0.2, 0.25) is 0 Å². The predicted octanol–water partition coefficient (Wildman–Crippen LogP) is 4.10. The molecule has 25 heavy (non-hydrogen) atoms. The van der Waals surface area contributed by atoms with E-state index in [-0.39, 0.29) is 17.6 Å². The molecule has 1 aliphatic rings. The molecule has 0 spiro atoms. The average molecular weight is 353 g/mol. The molecule has 5 heteroatoms. The van der Waals surface area contributed by atoms with Crippen molar-refractivity contribution in [2.24, 2.45) is 5.73 Å². The average Bonchev–Trinajstić information content (AvgIpc) is 3.13. The molecular weight excluding hydrogens is 330 g/mol. The topological polar surface area (TPSA) is 60.9 Å². The third-order valence-electron chi connectivity index (χ3n) is 5.31. The fourth-order valence-electron chi connectivity index (χ4n) is 3.95. The van der Waals surface area contributed by atoms with Gasteiger partial charge in [0.25, 0.3) is 5.56 Å². The summed E-state index contributed by atoms with van der Waals surface area (Å²) in [5, 5.41) is 0.763. The quantitative estimate of drug-likeness (QED) is 0.754. The monoisotopic (exact) mass is 353 g/mol. The molecule has 4 rings (SSSR count). The Labute approximate surface area is 151 Å². The molecule has 0 radical (unpaired) electrons. The van der Waals surface area contributed by atoms with Crippen molar-refractivity contribution in [2.75, 3.05) is 0 Å². The van der Waals surface area contributed by atoms with Gasteiger partial charge in [-0.25, -0.2) is 4.98 Å². The first-order chi connectivity index (χ1) is 12.0. The number of hydrogen-bond donors (Lipinski definition) is 1. The van der Waals surface area contributed by atoms with E-state index in [1.165, 1.54) is 11.1 Å². The van der Waals surface area contributed by atoms with Gasteiger partial charge >= 0.3 is 0 Å². The van der Waals surface area contributed by atoms with Crippen molar-refractivity contribution >= 4 is 21.6 Å². The summed E-state index contributed by atoms with van der Waals surface area (Å²) in [5.41, 5.74) is 10.7. The van der Waals surface area contributed by atoms with Crippen LogP contribution >= 0.6 is 11.3 Å². The van der Waals surface area contributed by atoms with Gasteiger partial charge in [-0.1, -0.05) is 23.8 Å². The van der Waals surface area contributed by atoms with Crippen LogP contribution in [0.1, 0.15) is 41.3 Å². The fourth-order valence-corrected chi connectivity index (χ4v) is 4.94. The van der Waals surface area contributed by atoms with Gasteiger partial charge in [0.15, 0.2) is 0 Å². The molecule has 1 saturated carbocycles. The number of thiophene rings is 1. The van der Waals surface area contributed by atoms with Crippen LogP contribution in [0.3, 0.4) is 0 Å². The van der Waals surface area contributed by atoms with Crippen molar-refractivity contribution < 1.29 is 0 Å². The molecule has 130 valence electrons. The molecular formula is C20H23N3OS. The number of nitrogens with two attached hydrogens (primary N) is 1. The van der Waals surface area contributed by atoms with Crippen molar-refractivity contribution in [2.45, 2.75) is 52.1 Å². The molecule has 2 heterocycles. The maximum Gasteiger partial charge on any atom is 0.262 e. The SMILES string of the molecule is Cc1ccc(C)c(-c2c(C)sc3ncn([C@@H]4CC[C@@H](N)C4)c(=O)c23)c1. The molecule has 1 fully saturated rings. The molecule has 1 aromatic carbocycles. The Bertz CT molecular complexity index is 1020. The number of aromatic nitrogens is 2. The molecule has 1 aliphatic carbocycles. The molecule has 2 N–H and O–H groups in total. The number of hydrogen-bond acceptors (Lipinski definition) is 4. The first-order valence-electron chi connectivity index (χ1n) is 8.79. The summed E-state index contributed by atoms with van der Waals surface area (Å²) in [4.78, 5) is 19.9. The van der Waals surface area contributed by atoms with Gasteiger partial charge < -0.3 is 5.73 Å². The zero-order chi connectivity index (χ0) is 17.7. The lowest BCUT2D eigenvalue weighted by Gasteiger charge is -2.14. The molecule has 0 amide bonds. The largest absolute Gasteiger partial charge is 0.328 e. The molecule has 0 bridgehead atoms. The summed E-state index contributed by atoms with van der Waals surface area (Å²) in [6.45, 7) is 6.27. The van der Waals surface area contributed by atoms with Gasteiger partial charge in [0, 0.05) is 22.5 Å². The normalized spacial score (nSPS) is 20.5. The van der Waals surface area contributed by atoms with Crippen LogP contribution in [0.25, 0.3) is 21.3 Å². The first kappa shape index (κ1) is 16.5. The maximum absolute atomic E-state index is 13.3. The zero-order valence-electron chi connectivity index (χ0n) is 14.9. The Hall–Kier alpha value is -1.98. The number of rotatable bonds is 2. The van der Waals surface area contributed by atoms with E-state index in [0.29, 0.717) is 0 Å². The number of aryl methyl sites for hydroxylation is 3. The molecule has 0 aliphatic heterocycles. The molecule has 2 atom stereocenters. The molecule has 0 saturated heterocycles. The smallest absolute Gasteiger partial charge is 0.262 e. The minimum atomic E-state index is 0.0735. The van der Waals surface area contributed by atoms with Crippen molar-refractivity contribution in [3.8, 4) is 11.1 Å². The van der Waals surface area contributed by atoms with Gasteiger partial charge in [0.2, 0.25) is 0 Å². The summed E-state index contributed by atoms with van der Waals surface area (Å²) in [5.74, 6) is 0. The van der Waals surface area contributed by atoms with E-state index in [1.807, 2.05) is 4.57 Å². The second-order valence-electron chi connectivity index (χ2n) is 7.22. The lowest BCUT2D eigenvalue weighted by Crippen LogP contribution is -2.25. The molecule has 2 aromatic heterocycles. The third-order valence-corrected chi connectivity index (χ3v) is 6.33. The third kappa shape index (κ3) is 2.71. The van der Waals surface area contributed by atoms with Crippen LogP contribution in [-0.4, -0.2) is 15.6 Å². The van der Waals surface area contributed by atoms with Crippen molar-refractivity contribution in [1.29, 1.82) is 0 Å². The second-order valence-corrected chi connectivity index (χ2v) is 8.42. The van der Waals surface area contributed by atoms with Crippen LogP contribution in [0.4, 0.5) is 0 Å². The highest BCUT2D eigenvalue weighted by Crippen LogP contribution is 2.38. The van der Waals surface area contributed by atoms with Crippen molar-refractivity contribution in [3.05, 3.63) is 50.9 Å². The van der Waals surface area contributed by atoms with E-state index in [9.17, 15) is 4.79 Å². The van der Waals surface area contributed by atoms with Crippen LogP contribution in [0.5, 0.6) is 0 Å². The highest BCUT2D eigenvalue weighted by Gasteiger charge is 2.26. The van der Waals surface area contributed by atoms with Gasteiger partial charge in [-0.05, 0) is 51.2 Å². The van der Waals surface area contributed by atoms with E-state index < -0.39 is 0 Å². The van der Waals surface area contributed by atoms with E-state index in [4.69, 9.17) is 5.73 Å². The lowest BCUT2D eigenvalue weighted by atomic mass is 9.97. The zero-order valence-corrected chi connectivity index (χ0v) is 15.7. The van der Waals surface area contributed by atoms with Crippen LogP contribution in [0.15, 0.2) is 29.3 Å². The number of fused-ring (bicyclic) bond motifs is 1. The van der Waals surface area contributed by atoms with Gasteiger partial charge in [-0.2, -0.15) is 0 Å². The maximum atomic E-state index is 13.3. The highest BCUT2D eigenvalue weighted by atomic mass is 32.1. The predicted molar refractivity (Wildman–Crippen MR) is 104 cm³/mol. The van der Waals surface area contributed by atoms with E-state index >= 15 is 0 Å². The van der Waals surface area contributed by atoms with Gasteiger partial charge in [0.05, 0.1) is 11.7 Å². The van der Waals surface area contributed by atoms with E-state index in [0.717, 1.165) is 45.5 Å². The molecule has 4 nitrogen and oxygen atoms in total. The molecule has 3 aromatic rings. The summed E-state index contributed by atoms with van der Waals surface area (Å²) < 4.78 is 1.82. The fraction of sp³-hybridized carbons (Fsp3) is 0.400. The first-order valence-corrected chi connectivity index (χ1v) is 9.61. The Morgan fingerprint density at radius 2 is 2.04 bits per heavy atom. The van der Waals surface area contributed by atoms with Gasteiger partial charge in [0.1, 0.15) is 4.83 Å². The van der Waals surface area contributed by atoms with E-state index in [1.54, 1.807) is 17.7 Å². The van der Waals surface area contributed by atoms with Crippen molar-refractivity contribution in [1.82, 2.24) is 9.55 Å². The summed E-state index contributed by atoms with van der Waals surface area (Å²) in [6.07, 6.45) is 4.50. The van der Waals surface area contributed by atoms with Crippen LogP contribution in [0, 0.1) is 20.8 Å². The minimum absolute atomic E-state index is 0.0735. The number of benzene rings is 1. The van der Waals surface area contributed by atoms with Gasteiger partial charge in [-0.3, -0.25) is 9.36 Å². The lowest BCUT2D eigenvalue weighted by molar-refractivity contribution is 0.491. The Morgan fingerprint density at radius 3 is 2.76 bits per heavy atom. The van der Waals surface area contributed by atoms with Crippen LogP contribution in [-0.2, 0) is 0 Å². The Balaban J connectivity index is 1.97. The minimum Gasteiger partial charge on any atom is -0.328 e. The summed E-state index contributed by atoms with van der Waals surface area (Å²) >= 11 is 1.60. The highest BCUT2D eigenvalue weighted by molar-refractivity contribution is 7.19. The summed E-state index contributed by atoms with van der Waals surface area (Å²) in [6, 6.07) is 6.77. The Morgan fingerprint density at radius 1 is 1.24 bits per heavy atom. The Kier molecular flexibility index (Phi) is 4.01. The second kappa shape index (κ2) is 6.07. The van der Waals surface area contributed by atoms with Gasteiger partial charge in [-0.15, -0.1) is 11.3 Å². The van der Waals surface area contributed by atoms with Crippen LogP contribution < -0.4 is 11.3 Å². The number of nitrogens with zero attached hydrogens (tertiary/aromatic N) is 2.